The average Bonchev–Trinajstić information content (AvgIpc) is 1.89. The third-order valence-corrected chi connectivity index (χ3v) is 1.39. The van der Waals surface area contributed by atoms with E-state index in [4.69, 9.17) is 11.6 Å². The summed E-state index contributed by atoms with van der Waals surface area (Å²) in [4.78, 5) is 0. The molecule has 0 saturated heterocycles. The van der Waals surface area contributed by atoms with Gasteiger partial charge < -0.3 is 2.85 Å². The van der Waals surface area contributed by atoms with Crippen LogP contribution in [0.3, 0.4) is 0 Å². The van der Waals surface area contributed by atoms with Crippen LogP contribution in [0.4, 0.5) is 0 Å². The Bertz CT molecular complexity index is 79.5. The molecular formula is C8H17ClMg. The predicted molar refractivity (Wildman–Crippen MR) is 52.0 cm³/mol. The van der Waals surface area contributed by atoms with E-state index in [1.807, 2.05) is 0 Å². The molecule has 0 fully saturated rings. The first-order valence-electron chi connectivity index (χ1n) is 3.62. The van der Waals surface area contributed by atoms with E-state index in [1.54, 1.807) is 0 Å². The van der Waals surface area contributed by atoms with Gasteiger partial charge in [-0.1, -0.05) is 31.9 Å². The zero-order valence-electron chi connectivity index (χ0n) is 8.78. The van der Waals surface area contributed by atoms with E-state index in [-0.39, 0.29) is 25.9 Å². The summed E-state index contributed by atoms with van der Waals surface area (Å²) < 4.78 is 0. The van der Waals surface area contributed by atoms with Gasteiger partial charge in [0.25, 0.3) is 0 Å². The number of unbranched alkanes of at least 4 members (excludes halogenated alkanes) is 2. The van der Waals surface area contributed by atoms with Crippen LogP contribution in [0, 0.1) is 0 Å². The average molecular weight is 173 g/mol. The molecule has 0 aromatic heterocycles. The molecule has 0 amide bonds. The first-order chi connectivity index (χ1) is 4.41. The first-order valence-corrected chi connectivity index (χ1v) is 4.16. The van der Waals surface area contributed by atoms with Gasteiger partial charge in [-0.15, -0.1) is 11.6 Å². The quantitative estimate of drug-likeness (QED) is 0.259. The normalized spacial score (nSPS) is 9.80. The van der Waals surface area contributed by atoms with E-state index in [0.29, 0.717) is 0 Å². The van der Waals surface area contributed by atoms with Crippen LogP contribution in [-0.4, -0.2) is 28.9 Å². The summed E-state index contributed by atoms with van der Waals surface area (Å²) in [5.74, 6) is 0.753. The maximum Gasteiger partial charge on any atom is 2.00 e. The van der Waals surface area contributed by atoms with Crippen molar-refractivity contribution in [2.45, 2.75) is 32.6 Å². The maximum atomic E-state index is 5.46. The van der Waals surface area contributed by atoms with Crippen molar-refractivity contribution in [3.63, 3.8) is 0 Å². The molecule has 0 heterocycles. The molecule has 0 saturated carbocycles. The molecule has 0 N–H and O–H groups in total. The Labute approximate surface area is 88.1 Å². The van der Waals surface area contributed by atoms with Crippen molar-refractivity contribution in [2.24, 2.45) is 0 Å². The van der Waals surface area contributed by atoms with Gasteiger partial charge in [0.1, 0.15) is 0 Å². The molecule has 58 valence electrons. The topological polar surface area (TPSA) is 0 Å². The van der Waals surface area contributed by atoms with Crippen molar-refractivity contribution in [3.8, 4) is 0 Å². The molecule has 0 bridgehead atoms. The number of hydrogen-bond acceptors (Lipinski definition) is 0. The summed E-state index contributed by atoms with van der Waals surface area (Å²) in [5, 5.41) is 0. The van der Waals surface area contributed by atoms with Crippen LogP contribution >= 0.6 is 11.6 Å². The molecular weight excluding hydrogens is 156 g/mol. The van der Waals surface area contributed by atoms with Gasteiger partial charge in [0, 0.05) is 5.88 Å². The second kappa shape index (κ2) is 12.5. The molecule has 0 unspecified atom stereocenters. The summed E-state index contributed by atoms with van der Waals surface area (Å²) >= 11 is 5.46. The molecule has 0 aromatic rings. The minimum atomic E-state index is 0. The fourth-order valence-electron chi connectivity index (χ4n) is 0.621. The number of rotatable bonds is 5. The Hall–Kier alpha value is 0.796. The van der Waals surface area contributed by atoms with E-state index in [9.17, 15) is 0 Å². The van der Waals surface area contributed by atoms with Crippen LogP contribution < -0.4 is 0 Å². The summed E-state index contributed by atoms with van der Waals surface area (Å²) in [6.45, 7) is 2.20. The van der Waals surface area contributed by atoms with Gasteiger partial charge in [-0.05, 0) is 12.8 Å². The van der Waals surface area contributed by atoms with E-state index < -0.39 is 0 Å². The van der Waals surface area contributed by atoms with Crippen molar-refractivity contribution < 1.29 is 2.85 Å². The summed E-state index contributed by atoms with van der Waals surface area (Å²) in [7, 11) is 0. The molecule has 0 nitrogen and oxygen atoms in total. The third-order valence-electron chi connectivity index (χ3n) is 1.17. The van der Waals surface area contributed by atoms with Gasteiger partial charge in [-0.3, -0.25) is 0 Å². The minimum Gasteiger partial charge on any atom is -1.00 e. The molecule has 10 heavy (non-hydrogen) atoms. The molecule has 0 spiro atoms. The molecule has 0 rings (SSSR count). The SMILES string of the molecule is CCCC/C=C\CCCl.[H-].[H-].[Mg+2]. The van der Waals surface area contributed by atoms with Crippen molar-refractivity contribution in [2.75, 3.05) is 5.88 Å². The van der Waals surface area contributed by atoms with Crippen molar-refractivity contribution in [1.29, 1.82) is 0 Å². The summed E-state index contributed by atoms with van der Waals surface area (Å²) in [5.41, 5.74) is 0. The van der Waals surface area contributed by atoms with E-state index >= 15 is 0 Å². The molecule has 0 atom stereocenters. The van der Waals surface area contributed by atoms with Crippen LogP contribution in [0.2, 0.25) is 0 Å². The smallest absolute Gasteiger partial charge is 1.00 e. The fraction of sp³-hybridized carbons (Fsp3) is 0.750. The van der Waals surface area contributed by atoms with Gasteiger partial charge in [0.2, 0.25) is 0 Å². The standard InChI is InChI=1S/C8H15Cl.Mg.2H/c1-2-3-4-5-6-7-8-9;;;/h5-6H,2-4,7-8H2,1H3;;;/q;+2;2*-1/b6-5-;;;. The van der Waals surface area contributed by atoms with Crippen LogP contribution in [0.25, 0.3) is 0 Å². The predicted octanol–water partition coefficient (Wildman–Crippen LogP) is 3.21. The fourth-order valence-corrected chi connectivity index (χ4v) is 0.747. The second-order valence-electron chi connectivity index (χ2n) is 2.09. The van der Waals surface area contributed by atoms with Gasteiger partial charge in [0.05, 0.1) is 0 Å². The third kappa shape index (κ3) is 11.6. The van der Waals surface area contributed by atoms with Crippen molar-refractivity contribution >= 4 is 34.7 Å². The van der Waals surface area contributed by atoms with Gasteiger partial charge in [0.15, 0.2) is 0 Å². The number of allylic oxidation sites excluding steroid dienone is 2. The first kappa shape index (κ1) is 13.4. The minimum absolute atomic E-state index is 0. The van der Waals surface area contributed by atoms with Gasteiger partial charge >= 0.3 is 23.1 Å². The van der Waals surface area contributed by atoms with E-state index in [1.165, 1.54) is 19.3 Å². The molecule has 0 aliphatic heterocycles. The van der Waals surface area contributed by atoms with E-state index in [0.717, 1.165) is 12.3 Å². The van der Waals surface area contributed by atoms with Crippen molar-refractivity contribution in [1.82, 2.24) is 0 Å². The number of alkyl halides is 1. The second-order valence-corrected chi connectivity index (χ2v) is 2.47. The molecule has 0 aliphatic rings. The summed E-state index contributed by atoms with van der Waals surface area (Å²) in [6.07, 6.45) is 9.19. The summed E-state index contributed by atoms with van der Waals surface area (Å²) in [6, 6.07) is 0. The van der Waals surface area contributed by atoms with Crippen LogP contribution in [0.5, 0.6) is 0 Å². The zero-order chi connectivity index (χ0) is 6.95. The van der Waals surface area contributed by atoms with E-state index in [2.05, 4.69) is 19.1 Å². The van der Waals surface area contributed by atoms with Gasteiger partial charge in [-0.25, -0.2) is 0 Å². The maximum absolute atomic E-state index is 5.46. The van der Waals surface area contributed by atoms with Crippen LogP contribution in [-0.2, 0) is 0 Å². The molecule has 0 aliphatic carbocycles. The Morgan fingerprint density at radius 1 is 1.30 bits per heavy atom. The molecule has 0 radical (unpaired) electrons. The Balaban J connectivity index is -0.000000107. The largest absolute Gasteiger partial charge is 2.00 e. The monoisotopic (exact) mass is 172 g/mol. The number of hydrogen-bond donors (Lipinski definition) is 0. The molecule has 0 aromatic carbocycles. The Morgan fingerprint density at radius 3 is 2.40 bits per heavy atom. The molecule has 2 heteroatoms. The van der Waals surface area contributed by atoms with Gasteiger partial charge in [-0.2, -0.15) is 0 Å². The Morgan fingerprint density at radius 2 is 1.90 bits per heavy atom. The zero-order valence-corrected chi connectivity index (χ0v) is 8.95. The number of halogens is 1. The van der Waals surface area contributed by atoms with Crippen LogP contribution in [0.15, 0.2) is 12.2 Å². The van der Waals surface area contributed by atoms with Crippen molar-refractivity contribution in [3.05, 3.63) is 12.2 Å². The van der Waals surface area contributed by atoms with Crippen LogP contribution in [0.1, 0.15) is 35.5 Å². The Kier molecular flexibility index (Phi) is 16.7.